The van der Waals surface area contributed by atoms with E-state index in [0.29, 0.717) is 37.8 Å². The second kappa shape index (κ2) is 8.78. The van der Waals surface area contributed by atoms with Crippen molar-refractivity contribution in [3.63, 3.8) is 0 Å². The summed E-state index contributed by atoms with van der Waals surface area (Å²) < 4.78 is 11.1. The highest BCUT2D eigenvalue weighted by Gasteiger charge is 2.35. The van der Waals surface area contributed by atoms with Crippen LogP contribution < -0.4 is 19.7 Å². The van der Waals surface area contributed by atoms with Crippen LogP contribution in [-0.2, 0) is 16.0 Å². The van der Waals surface area contributed by atoms with Crippen molar-refractivity contribution in [3.8, 4) is 11.5 Å². The summed E-state index contributed by atoms with van der Waals surface area (Å²) >= 11 is 0. The van der Waals surface area contributed by atoms with Gasteiger partial charge in [-0.3, -0.25) is 9.59 Å². The molecule has 2 aromatic rings. The molecule has 158 valence electrons. The molecule has 2 amide bonds. The predicted molar refractivity (Wildman–Crippen MR) is 115 cm³/mol. The molecule has 1 fully saturated rings. The average Bonchev–Trinajstić information content (AvgIpc) is 3.13. The van der Waals surface area contributed by atoms with Crippen molar-refractivity contribution in [1.82, 2.24) is 5.32 Å². The fourth-order valence-corrected chi connectivity index (χ4v) is 4.09. The van der Waals surface area contributed by atoms with E-state index < -0.39 is 0 Å². The first-order valence-corrected chi connectivity index (χ1v) is 10.5. The highest BCUT2D eigenvalue weighted by Crippen LogP contribution is 2.36. The lowest BCUT2D eigenvalue weighted by Gasteiger charge is -2.22. The molecular weight excluding hydrogens is 380 g/mol. The number of nitrogens with zero attached hydrogens (tertiary/aromatic N) is 1. The molecule has 4 rings (SSSR count). The van der Waals surface area contributed by atoms with Gasteiger partial charge in [-0.2, -0.15) is 0 Å². The first-order valence-electron chi connectivity index (χ1n) is 10.5. The lowest BCUT2D eigenvalue weighted by molar-refractivity contribution is -0.126. The summed E-state index contributed by atoms with van der Waals surface area (Å²) in [5.41, 5.74) is 4.61. The number of hydrogen-bond acceptors (Lipinski definition) is 4. The molecule has 0 aromatic heterocycles. The second-order valence-electron chi connectivity index (χ2n) is 8.06. The zero-order valence-corrected chi connectivity index (χ0v) is 17.6. The number of amides is 2. The summed E-state index contributed by atoms with van der Waals surface area (Å²) in [6.07, 6.45) is 2.04. The minimum atomic E-state index is -0.327. The van der Waals surface area contributed by atoms with Crippen molar-refractivity contribution in [2.24, 2.45) is 5.92 Å². The van der Waals surface area contributed by atoms with Crippen LogP contribution in [0.3, 0.4) is 0 Å². The summed E-state index contributed by atoms with van der Waals surface area (Å²) in [5.74, 6) is 0.915. The standard InChI is InChI=1S/C24H28N2O4/c1-16-5-6-18(17(2)12-16)4-3-9-25-24(28)19-13-23(27)26(15-19)20-7-8-21-22(14-20)30-11-10-29-21/h5-8,12,14,19H,3-4,9-11,13,15H2,1-2H3,(H,25,28). The molecule has 6 nitrogen and oxygen atoms in total. The molecule has 2 aliphatic heterocycles. The Bertz CT molecular complexity index is 956. The molecule has 2 aromatic carbocycles. The minimum absolute atomic E-state index is 0.0397. The van der Waals surface area contributed by atoms with E-state index in [-0.39, 0.29) is 24.2 Å². The second-order valence-corrected chi connectivity index (χ2v) is 8.06. The maximum absolute atomic E-state index is 12.6. The van der Waals surface area contributed by atoms with Crippen molar-refractivity contribution in [2.45, 2.75) is 33.1 Å². The average molecular weight is 408 g/mol. The Labute approximate surface area is 177 Å². The summed E-state index contributed by atoms with van der Waals surface area (Å²) in [5, 5.41) is 3.01. The Morgan fingerprint density at radius 3 is 2.70 bits per heavy atom. The van der Waals surface area contributed by atoms with Gasteiger partial charge >= 0.3 is 0 Å². The van der Waals surface area contributed by atoms with E-state index in [9.17, 15) is 9.59 Å². The molecular formula is C24H28N2O4. The van der Waals surface area contributed by atoms with E-state index in [1.54, 1.807) is 4.90 Å². The zero-order valence-electron chi connectivity index (χ0n) is 17.6. The van der Waals surface area contributed by atoms with Crippen LogP contribution in [0.25, 0.3) is 0 Å². The number of fused-ring (bicyclic) bond motifs is 1. The fraction of sp³-hybridized carbons (Fsp3) is 0.417. The molecule has 2 aliphatic rings. The number of ether oxygens (including phenoxy) is 2. The number of carbonyl (C=O) groups is 2. The number of nitrogens with one attached hydrogen (secondary N) is 1. The van der Waals surface area contributed by atoms with E-state index in [1.807, 2.05) is 18.2 Å². The van der Waals surface area contributed by atoms with Crippen LogP contribution in [0.5, 0.6) is 11.5 Å². The third kappa shape index (κ3) is 4.42. The quantitative estimate of drug-likeness (QED) is 0.746. The monoisotopic (exact) mass is 408 g/mol. The van der Waals surface area contributed by atoms with Gasteiger partial charge in [0, 0.05) is 31.3 Å². The summed E-state index contributed by atoms with van der Waals surface area (Å²) in [4.78, 5) is 26.8. The molecule has 0 radical (unpaired) electrons. The van der Waals surface area contributed by atoms with Crippen molar-refractivity contribution in [3.05, 3.63) is 53.1 Å². The predicted octanol–water partition coefficient (Wildman–Crippen LogP) is 3.18. The number of rotatable bonds is 6. The third-order valence-electron chi connectivity index (χ3n) is 5.75. The smallest absolute Gasteiger partial charge is 0.227 e. The Morgan fingerprint density at radius 1 is 1.10 bits per heavy atom. The molecule has 0 aliphatic carbocycles. The largest absolute Gasteiger partial charge is 0.486 e. The molecule has 30 heavy (non-hydrogen) atoms. The van der Waals surface area contributed by atoms with Gasteiger partial charge in [-0.15, -0.1) is 0 Å². The maximum atomic E-state index is 12.6. The van der Waals surface area contributed by atoms with Crippen LogP contribution in [0.4, 0.5) is 5.69 Å². The normalized spacial score (nSPS) is 17.9. The number of hydrogen-bond donors (Lipinski definition) is 1. The Balaban J connectivity index is 1.29. The van der Waals surface area contributed by atoms with Gasteiger partial charge in [0.25, 0.3) is 0 Å². The molecule has 0 spiro atoms. The first-order chi connectivity index (χ1) is 14.5. The highest BCUT2D eigenvalue weighted by atomic mass is 16.6. The van der Waals surface area contributed by atoms with Crippen molar-refractivity contribution in [1.29, 1.82) is 0 Å². The topological polar surface area (TPSA) is 67.9 Å². The van der Waals surface area contributed by atoms with E-state index in [4.69, 9.17) is 9.47 Å². The van der Waals surface area contributed by atoms with Crippen LogP contribution in [-0.4, -0.2) is 38.1 Å². The van der Waals surface area contributed by atoms with Gasteiger partial charge in [-0.05, 0) is 49.9 Å². The molecule has 1 N–H and O–H groups in total. The Morgan fingerprint density at radius 2 is 1.90 bits per heavy atom. The fourth-order valence-electron chi connectivity index (χ4n) is 4.09. The maximum Gasteiger partial charge on any atom is 0.227 e. The van der Waals surface area contributed by atoms with E-state index >= 15 is 0 Å². The van der Waals surface area contributed by atoms with E-state index in [2.05, 4.69) is 37.4 Å². The zero-order chi connectivity index (χ0) is 21.1. The molecule has 0 saturated carbocycles. The summed E-state index contributed by atoms with van der Waals surface area (Å²) in [6.45, 7) is 6.24. The van der Waals surface area contributed by atoms with E-state index in [0.717, 1.165) is 18.5 Å². The number of aryl methyl sites for hydroxylation is 3. The van der Waals surface area contributed by atoms with Gasteiger partial charge < -0.3 is 19.7 Å². The number of anilines is 1. The third-order valence-corrected chi connectivity index (χ3v) is 5.75. The summed E-state index contributed by atoms with van der Waals surface area (Å²) in [6, 6.07) is 11.9. The molecule has 1 atom stereocenters. The van der Waals surface area contributed by atoms with Crippen molar-refractivity contribution < 1.29 is 19.1 Å². The highest BCUT2D eigenvalue weighted by molar-refractivity contribution is 6.00. The number of benzene rings is 2. The molecule has 1 unspecified atom stereocenters. The molecule has 1 saturated heterocycles. The number of carbonyl (C=O) groups excluding carboxylic acids is 2. The van der Waals surface area contributed by atoms with Gasteiger partial charge in [-0.25, -0.2) is 0 Å². The minimum Gasteiger partial charge on any atom is -0.486 e. The van der Waals surface area contributed by atoms with Gasteiger partial charge in [0.05, 0.1) is 5.92 Å². The van der Waals surface area contributed by atoms with Crippen molar-refractivity contribution >= 4 is 17.5 Å². The van der Waals surface area contributed by atoms with Gasteiger partial charge in [-0.1, -0.05) is 23.8 Å². The lowest BCUT2D eigenvalue weighted by Crippen LogP contribution is -2.33. The van der Waals surface area contributed by atoms with Crippen LogP contribution in [0.1, 0.15) is 29.5 Å². The van der Waals surface area contributed by atoms with Gasteiger partial charge in [0.1, 0.15) is 13.2 Å². The SMILES string of the molecule is Cc1ccc(CCCNC(=O)C2CC(=O)N(c3ccc4c(c3)OCCO4)C2)c(C)c1. The van der Waals surface area contributed by atoms with Gasteiger partial charge in [0.15, 0.2) is 11.5 Å². The van der Waals surface area contributed by atoms with Crippen molar-refractivity contribution in [2.75, 3.05) is 31.2 Å². The first kappa shape index (κ1) is 20.3. The van der Waals surface area contributed by atoms with Crippen LogP contribution in [0.2, 0.25) is 0 Å². The Kier molecular flexibility index (Phi) is 5.93. The summed E-state index contributed by atoms with van der Waals surface area (Å²) in [7, 11) is 0. The van der Waals surface area contributed by atoms with E-state index in [1.165, 1.54) is 16.7 Å². The van der Waals surface area contributed by atoms with Gasteiger partial charge in [0.2, 0.25) is 11.8 Å². The Hall–Kier alpha value is -3.02. The lowest BCUT2D eigenvalue weighted by atomic mass is 10.0. The van der Waals surface area contributed by atoms with Crippen LogP contribution in [0.15, 0.2) is 36.4 Å². The molecule has 2 heterocycles. The molecule has 0 bridgehead atoms. The van der Waals surface area contributed by atoms with Crippen LogP contribution in [0, 0.1) is 19.8 Å². The molecule has 6 heteroatoms. The van der Waals surface area contributed by atoms with Crippen LogP contribution >= 0.6 is 0 Å².